The molecule has 0 saturated heterocycles. The summed E-state index contributed by atoms with van der Waals surface area (Å²) in [6.07, 6.45) is 0. The van der Waals surface area contributed by atoms with E-state index in [1.807, 2.05) is 0 Å². The van der Waals surface area contributed by atoms with Crippen molar-refractivity contribution in [3.05, 3.63) is 138 Å². The molecule has 0 saturated carbocycles. The summed E-state index contributed by atoms with van der Waals surface area (Å²) in [7, 11) is 0. The molecule has 7 rings (SSSR count). The fraction of sp³-hybridized carbons (Fsp3) is 0. The van der Waals surface area contributed by atoms with Crippen molar-refractivity contribution in [1.29, 1.82) is 0 Å². The number of hydrogen-bond donors (Lipinski definition) is 0. The zero-order valence-electron chi connectivity index (χ0n) is 19.5. The van der Waals surface area contributed by atoms with E-state index < -0.39 is 0 Å². The normalized spacial score (nSPS) is 11.5. The topological polar surface area (TPSA) is 4.93 Å². The Morgan fingerprint density at radius 3 is 1.92 bits per heavy atom. The molecule has 0 radical (unpaired) electrons. The molecule has 0 fully saturated rings. The number of aromatic nitrogens is 1. The van der Waals surface area contributed by atoms with Crippen molar-refractivity contribution in [3.63, 3.8) is 0 Å². The standard InChI is InChI=1S/C34H22BrN/c35-28-12-7-11-26(21-28)24-9-6-10-25(20-24)27-17-18-31-32-19-16-23-8-4-5-15-30(23)34(32)36(33(31)22-27)29-13-2-1-3-14-29/h1-22H. The fourth-order valence-corrected chi connectivity index (χ4v) is 5.75. The maximum Gasteiger partial charge on any atom is 0.0619 e. The lowest BCUT2D eigenvalue weighted by Crippen LogP contribution is -1.94. The van der Waals surface area contributed by atoms with Gasteiger partial charge in [-0.15, -0.1) is 0 Å². The fourth-order valence-electron chi connectivity index (χ4n) is 5.35. The summed E-state index contributed by atoms with van der Waals surface area (Å²) >= 11 is 3.61. The van der Waals surface area contributed by atoms with Gasteiger partial charge < -0.3 is 4.57 Å². The van der Waals surface area contributed by atoms with Crippen molar-refractivity contribution < 1.29 is 0 Å². The van der Waals surface area contributed by atoms with Gasteiger partial charge in [0.15, 0.2) is 0 Å². The molecule has 1 aromatic heterocycles. The predicted molar refractivity (Wildman–Crippen MR) is 157 cm³/mol. The summed E-state index contributed by atoms with van der Waals surface area (Å²) < 4.78 is 3.51. The van der Waals surface area contributed by atoms with Crippen molar-refractivity contribution in [3.8, 4) is 27.9 Å². The first-order valence-electron chi connectivity index (χ1n) is 12.1. The summed E-state index contributed by atoms with van der Waals surface area (Å²) in [6.45, 7) is 0. The van der Waals surface area contributed by atoms with Crippen LogP contribution in [0.5, 0.6) is 0 Å². The minimum absolute atomic E-state index is 1.09. The molecular weight excluding hydrogens is 502 g/mol. The second-order valence-electron chi connectivity index (χ2n) is 9.18. The van der Waals surface area contributed by atoms with Crippen LogP contribution >= 0.6 is 15.9 Å². The first-order chi connectivity index (χ1) is 17.8. The Morgan fingerprint density at radius 2 is 1.11 bits per heavy atom. The molecule has 0 aliphatic heterocycles. The van der Waals surface area contributed by atoms with Gasteiger partial charge in [0.1, 0.15) is 0 Å². The summed E-state index contributed by atoms with van der Waals surface area (Å²) in [5.74, 6) is 0. The molecule has 170 valence electrons. The van der Waals surface area contributed by atoms with Gasteiger partial charge in [-0.2, -0.15) is 0 Å². The summed E-state index contributed by atoms with van der Waals surface area (Å²) in [4.78, 5) is 0. The average molecular weight is 524 g/mol. The molecule has 36 heavy (non-hydrogen) atoms. The van der Waals surface area contributed by atoms with Crippen LogP contribution in [0.15, 0.2) is 138 Å². The highest BCUT2D eigenvalue weighted by Crippen LogP contribution is 2.38. The van der Waals surface area contributed by atoms with Crippen molar-refractivity contribution in [2.24, 2.45) is 0 Å². The second kappa shape index (κ2) is 8.51. The maximum absolute atomic E-state index is 3.61. The van der Waals surface area contributed by atoms with E-state index in [0.29, 0.717) is 0 Å². The van der Waals surface area contributed by atoms with Crippen molar-refractivity contribution in [2.45, 2.75) is 0 Å². The number of benzene rings is 6. The smallest absolute Gasteiger partial charge is 0.0619 e. The largest absolute Gasteiger partial charge is 0.309 e. The van der Waals surface area contributed by atoms with E-state index in [2.05, 4.69) is 154 Å². The Morgan fingerprint density at radius 1 is 0.444 bits per heavy atom. The summed E-state index contributed by atoms with van der Waals surface area (Å²) in [6, 6.07) is 48.1. The van der Waals surface area contributed by atoms with Crippen LogP contribution in [0.2, 0.25) is 0 Å². The van der Waals surface area contributed by atoms with Gasteiger partial charge in [-0.3, -0.25) is 0 Å². The maximum atomic E-state index is 3.61. The van der Waals surface area contributed by atoms with E-state index in [4.69, 9.17) is 0 Å². The zero-order chi connectivity index (χ0) is 24.1. The Balaban J connectivity index is 1.50. The molecular formula is C34H22BrN. The molecule has 0 atom stereocenters. The monoisotopic (exact) mass is 523 g/mol. The number of rotatable bonds is 3. The van der Waals surface area contributed by atoms with E-state index >= 15 is 0 Å². The molecule has 1 heterocycles. The molecule has 0 aliphatic carbocycles. The van der Waals surface area contributed by atoms with Gasteiger partial charge in [-0.05, 0) is 64.0 Å². The third kappa shape index (κ3) is 3.45. The minimum atomic E-state index is 1.09. The summed E-state index contributed by atoms with van der Waals surface area (Å²) in [5, 5.41) is 5.08. The van der Waals surface area contributed by atoms with Gasteiger partial charge >= 0.3 is 0 Å². The molecule has 7 aromatic rings. The number of halogens is 1. The molecule has 1 nitrogen and oxygen atoms in total. The summed E-state index contributed by atoms with van der Waals surface area (Å²) in [5.41, 5.74) is 8.49. The zero-order valence-corrected chi connectivity index (χ0v) is 21.1. The van der Waals surface area contributed by atoms with Gasteiger partial charge in [0.2, 0.25) is 0 Å². The SMILES string of the molecule is Brc1cccc(-c2cccc(-c3ccc4c5ccc6ccccc6c5n(-c5ccccc5)c4c3)c2)c1. The molecule has 0 N–H and O–H groups in total. The molecule has 0 aliphatic rings. The van der Waals surface area contributed by atoms with Gasteiger partial charge in [-0.1, -0.05) is 113 Å². The Kier molecular flexibility index (Phi) is 5.00. The quantitative estimate of drug-likeness (QED) is 0.217. The minimum Gasteiger partial charge on any atom is -0.309 e. The number of fused-ring (bicyclic) bond motifs is 5. The highest BCUT2D eigenvalue weighted by atomic mass is 79.9. The number of para-hydroxylation sites is 1. The van der Waals surface area contributed by atoms with Gasteiger partial charge in [0, 0.05) is 26.3 Å². The number of hydrogen-bond acceptors (Lipinski definition) is 0. The van der Waals surface area contributed by atoms with Gasteiger partial charge in [0.05, 0.1) is 11.0 Å². The lowest BCUT2D eigenvalue weighted by Gasteiger charge is -2.11. The Labute approximate surface area is 218 Å². The first-order valence-corrected chi connectivity index (χ1v) is 12.9. The highest BCUT2D eigenvalue weighted by Gasteiger charge is 2.16. The van der Waals surface area contributed by atoms with Crippen LogP contribution in [-0.4, -0.2) is 4.57 Å². The van der Waals surface area contributed by atoms with Gasteiger partial charge in [0.25, 0.3) is 0 Å². The third-order valence-electron chi connectivity index (χ3n) is 7.02. The van der Waals surface area contributed by atoms with Crippen LogP contribution in [-0.2, 0) is 0 Å². The molecule has 0 amide bonds. The third-order valence-corrected chi connectivity index (χ3v) is 7.51. The highest BCUT2D eigenvalue weighted by molar-refractivity contribution is 9.10. The van der Waals surface area contributed by atoms with Crippen LogP contribution in [0, 0.1) is 0 Å². The number of nitrogens with zero attached hydrogens (tertiary/aromatic N) is 1. The van der Waals surface area contributed by atoms with Crippen LogP contribution in [0.3, 0.4) is 0 Å². The molecule has 6 aromatic carbocycles. The van der Waals surface area contributed by atoms with Crippen molar-refractivity contribution >= 4 is 48.5 Å². The van der Waals surface area contributed by atoms with Crippen molar-refractivity contribution in [2.75, 3.05) is 0 Å². The van der Waals surface area contributed by atoms with Crippen LogP contribution < -0.4 is 0 Å². The Bertz CT molecular complexity index is 1900. The predicted octanol–water partition coefficient (Wildman–Crippen LogP) is 10.0. The van der Waals surface area contributed by atoms with E-state index in [0.717, 1.165) is 4.47 Å². The van der Waals surface area contributed by atoms with E-state index in [9.17, 15) is 0 Å². The van der Waals surface area contributed by atoms with Gasteiger partial charge in [-0.25, -0.2) is 0 Å². The molecule has 0 bridgehead atoms. The van der Waals surface area contributed by atoms with E-state index in [-0.39, 0.29) is 0 Å². The van der Waals surface area contributed by atoms with E-state index in [1.54, 1.807) is 0 Å². The van der Waals surface area contributed by atoms with Crippen LogP contribution in [0.25, 0.3) is 60.5 Å². The van der Waals surface area contributed by atoms with Crippen LogP contribution in [0.1, 0.15) is 0 Å². The lowest BCUT2D eigenvalue weighted by molar-refractivity contribution is 1.19. The first kappa shape index (κ1) is 21.2. The van der Waals surface area contributed by atoms with E-state index in [1.165, 1.54) is 60.5 Å². The average Bonchev–Trinajstić information content (AvgIpc) is 3.28. The Hall–Kier alpha value is -4.14. The second-order valence-corrected chi connectivity index (χ2v) is 10.1. The van der Waals surface area contributed by atoms with Crippen molar-refractivity contribution in [1.82, 2.24) is 4.57 Å². The van der Waals surface area contributed by atoms with Crippen LogP contribution in [0.4, 0.5) is 0 Å². The molecule has 2 heteroatoms. The molecule has 0 unspecified atom stereocenters. The molecule has 0 spiro atoms. The lowest BCUT2D eigenvalue weighted by atomic mass is 9.98.